The summed E-state index contributed by atoms with van der Waals surface area (Å²) in [6.45, 7) is 5.26. The Hall–Kier alpha value is -1.57. The van der Waals surface area contributed by atoms with Gasteiger partial charge in [0.2, 0.25) is 0 Å². The molecule has 0 radical (unpaired) electrons. The van der Waals surface area contributed by atoms with Gasteiger partial charge in [-0.05, 0) is 44.4 Å². The topological polar surface area (TPSA) is 17.8 Å². The molecule has 82 valence electrons. The summed E-state index contributed by atoms with van der Waals surface area (Å²) in [4.78, 5) is 0. The predicted molar refractivity (Wildman–Crippen MR) is 65.5 cm³/mol. The molecule has 1 aromatic heterocycles. The molecule has 1 aliphatic rings. The van der Waals surface area contributed by atoms with E-state index in [0.717, 1.165) is 18.7 Å². The van der Waals surface area contributed by atoms with E-state index in [1.807, 2.05) is 0 Å². The van der Waals surface area contributed by atoms with Gasteiger partial charge in [-0.25, -0.2) is 0 Å². The van der Waals surface area contributed by atoms with Gasteiger partial charge >= 0.3 is 0 Å². The minimum atomic E-state index is 1.04. The van der Waals surface area contributed by atoms with Crippen LogP contribution in [0.5, 0.6) is 0 Å². The molecule has 0 N–H and O–H groups in total. The van der Waals surface area contributed by atoms with Crippen LogP contribution in [-0.2, 0) is 13.0 Å². The summed E-state index contributed by atoms with van der Waals surface area (Å²) in [7, 11) is 0. The van der Waals surface area contributed by atoms with Crippen molar-refractivity contribution in [1.29, 1.82) is 0 Å². The quantitative estimate of drug-likeness (QED) is 0.656. The van der Waals surface area contributed by atoms with Gasteiger partial charge in [0.1, 0.15) is 0 Å². The molecule has 0 saturated heterocycles. The summed E-state index contributed by atoms with van der Waals surface area (Å²) < 4.78 is 2.15. The highest BCUT2D eigenvalue weighted by atomic mass is 15.3. The number of benzene rings is 1. The van der Waals surface area contributed by atoms with Gasteiger partial charge < -0.3 is 0 Å². The number of rotatable bonds is 0. The number of aryl methyl sites for hydroxylation is 4. The second kappa shape index (κ2) is 3.48. The van der Waals surface area contributed by atoms with E-state index in [9.17, 15) is 0 Å². The van der Waals surface area contributed by atoms with Crippen LogP contribution in [-0.4, -0.2) is 9.78 Å². The Morgan fingerprint density at radius 1 is 1.19 bits per heavy atom. The van der Waals surface area contributed by atoms with Crippen LogP contribution in [0.3, 0.4) is 0 Å². The van der Waals surface area contributed by atoms with Crippen molar-refractivity contribution in [2.24, 2.45) is 0 Å². The third-order valence-electron chi connectivity index (χ3n) is 3.26. The van der Waals surface area contributed by atoms with Gasteiger partial charge in [0.05, 0.1) is 11.4 Å². The highest BCUT2D eigenvalue weighted by Gasteiger charge is 2.15. The van der Waals surface area contributed by atoms with Crippen molar-refractivity contribution in [2.75, 3.05) is 0 Å². The normalized spacial score (nSPS) is 14.1. The number of hydrogen-bond donors (Lipinski definition) is 0. The van der Waals surface area contributed by atoms with Crippen molar-refractivity contribution in [2.45, 2.75) is 33.2 Å². The Labute approximate surface area is 95.9 Å². The van der Waals surface area contributed by atoms with Crippen LogP contribution in [0.25, 0.3) is 11.3 Å². The summed E-state index contributed by atoms with van der Waals surface area (Å²) in [5.41, 5.74) is 6.56. The molecule has 0 saturated carbocycles. The average Bonchev–Trinajstić information content (AvgIpc) is 2.54. The standard InChI is InChI=1S/C14H16N2/c1-10-5-6-12-4-3-7-16-14(13(12)8-10)9-11(2)15-16/h5-6,8-9H,3-4,7H2,1-2H3. The lowest BCUT2D eigenvalue weighted by Gasteiger charge is -2.06. The minimum Gasteiger partial charge on any atom is -0.265 e. The zero-order valence-electron chi connectivity index (χ0n) is 9.83. The maximum Gasteiger partial charge on any atom is 0.0687 e. The third-order valence-corrected chi connectivity index (χ3v) is 3.26. The molecule has 0 unspecified atom stereocenters. The summed E-state index contributed by atoms with van der Waals surface area (Å²) in [5, 5.41) is 4.56. The van der Waals surface area contributed by atoms with Crippen molar-refractivity contribution in [3.63, 3.8) is 0 Å². The van der Waals surface area contributed by atoms with Crippen LogP contribution in [0.1, 0.15) is 23.2 Å². The molecule has 0 atom stereocenters. The summed E-state index contributed by atoms with van der Waals surface area (Å²) >= 11 is 0. The fraction of sp³-hybridized carbons (Fsp3) is 0.357. The lowest BCUT2D eigenvalue weighted by atomic mass is 9.99. The lowest BCUT2D eigenvalue weighted by Crippen LogP contribution is -2.00. The molecule has 2 nitrogen and oxygen atoms in total. The van der Waals surface area contributed by atoms with Crippen LogP contribution in [0.15, 0.2) is 24.3 Å². The molecule has 1 aromatic carbocycles. The molecule has 2 heterocycles. The van der Waals surface area contributed by atoms with Gasteiger partial charge in [-0.2, -0.15) is 5.10 Å². The smallest absolute Gasteiger partial charge is 0.0687 e. The summed E-state index contributed by atoms with van der Waals surface area (Å²) in [5.74, 6) is 0. The van der Waals surface area contributed by atoms with Gasteiger partial charge in [0, 0.05) is 12.1 Å². The molecule has 0 spiro atoms. The maximum atomic E-state index is 4.56. The Balaban J connectivity index is 2.27. The van der Waals surface area contributed by atoms with Crippen molar-refractivity contribution >= 4 is 0 Å². The third kappa shape index (κ3) is 1.45. The first kappa shape index (κ1) is 9.64. The molecule has 1 aliphatic heterocycles. The summed E-state index contributed by atoms with van der Waals surface area (Å²) in [6.07, 6.45) is 2.35. The van der Waals surface area contributed by atoms with Gasteiger partial charge in [-0.15, -0.1) is 0 Å². The number of hydrogen-bond acceptors (Lipinski definition) is 1. The van der Waals surface area contributed by atoms with E-state index in [1.54, 1.807) is 0 Å². The molecule has 0 bridgehead atoms. The van der Waals surface area contributed by atoms with E-state index in [-0.39, 0.29) is 0 Å². The predicted octanol–water partition coefficient (Wildman–Crippen LogP) is 3.11. The van der Waals surface area contributed by atoms with Gasteiger partial charge in [0.15, 0.2) is 0 Å². The van der Waals surface area contributed by atoms with E-state index in [1.165, 1.54) is 28.8 Å². The van der Waals surface area contributed by atoms with Crippen molar-refractivity contribution in [3.8, 4) is 11.3 Å². The van der Waals surface area contributed by atoms with Crippen molar-refractivity contribution < 1.29 is 0 Å². The maximum absolute atomic E-state index is 4.56. The molecule has 0 aliphatic carbocycles. The molecule has 2 aromatic rings. The first-order valence-electron chi connectivity index (χ1n) is 5.88. The molecule has 0 amide bonds. The van der Waals surface area contributed by atoms with Crippen LogP contribution >= 0.6 is 0 Å². The van der Waals surface area contributed by atoms with Crippen LogP contribution in [0, 0.1) is 13.8 Å². The van der Waals surface area contributed by atoms with Crippen molar-refractivity contribution in [1.82, 2.24) is 9.78 Å². The van der Waals surface area contributed by atoms with E-state index in [0.29, 0.717) is 0 Å². The van der Waals surface area contributed by atoms with Crippen LogP contribution < -0.4 is 0 Å². The van der Waals surface area contributed by atoms with Crippen molar-refractivity contribution in [3.05, 3.63) is 41.1 Å². The van der Waals surface area contributed by atoms with E-state index >= 15 is 0 Å². The van der Waals surface area contributed by atoms with Gasteiger partial charge in [0.25, 0.3) is 0 Å². The Morgan fingerprint density at radius 3 is 2.94 bits per heavy atom. The monoisotopic (exact) mass is 212 g/mol. The Kier molecular flexibility index (Phi) is 2.10. The van der Waals surface area contributed by atoms with Crippen LogP contribution in [0.2, 0.25) is 0 Å². The molecule has 2 heteroatoms. The highest BCUT2D eigenvalue weighted by Crippen LogP contribution is 2.29. The minimum absolute atomic E-state index is 1.04. The number of nitrogens with zero attached hydrogens (tertiary/aromatic N) is 2. The molecule has 0 fully saturated rings. The highest BCUT2D eigenvalue weighted by molar-refractivity contribution is 5.66. The zero-order chi connectivity index (χ0) is 11.1. The Bertz CT molecular complexity index is 538. The number of aromatic nitrogens is 2. The average molecular weight is 212 g/mol. The fourth-order valence-corrected chi connectivity index (χ4v) is 2.50. The lowest BCUT2D eigenvalue weighted by molar-refractivity contribution is 0.590. The molecule has 3 rings (SSSR count). The second-order valence-electron chi connectivity index (χ2n) is 4.66. The van der Waals surface area contributed by atoms with E-state index in [2.05, 4.69) is 47.9 Å². The first-order chi connectivity index (χ1) is 7.74. The largest absolute Gasteiger partial charge is 0.265 e. The van der Waals surface area contributed by atoms with E-state index < -0.39 is 0 Å². The SMILES string of the molecule is Cc1ccc2c(c1)-c1cc(C)nn1CCC2. The molecular weight excluding hydrogens is 196 g/mol. The first-order valence-corrected chi connectivity index (χ1v) is 5.88. The number of fused-ring (bicyclic) bond motifs is 3. The van der Waals surface area contributed by atoms with Gasteiger partial charge in [-0.1, -0.05) is 17.7 Å². The van der Waals surface area contributed by atoms with Crippen LogP contribution in [0.4, 0.5) is 0 Å². The zero-order valence-corrected chi connectivity index (χ0v) is 9.83. The Morgan fingerprint density at radius 2 is 2.06 bits per heavy atom. The van der Waals surface area contributed by atoms with E-state index in [4.69, 9.17) is 0 Å². The van der Waals surface area contributed by atoms with Gasteiger partial charge in [-0.3, -0.25) is 4.68 Å². The molecule has 16 heavy (non-hydrogen) atoms. The summed E-state index contributed by atoms with van der Waals surface area (Å²) in [6, 6.07) is 8.96. The molecular formula is C14H16N2. The second-order valence-corrected chi connectivity index (χ2v) is 4.66. The fourth-order valence-electron chi connectivity index (χ4n) is 2.50.